The van der Waals surface area contributed by atoms with Gasteiger partial charge in [0.25, 0.3) is 0 Å². The summed E-state index contributed by atoms with van der Waals surface area (Å²) in [4.78, 5) is 9.77. The summed E-state index contributed by atoms with van der Waals surface area (Å²) in [6, 6.07) is 14.7. The molecule has 3 aromatic rings. The van der Waals surface area contributed by atoms with Gasteiger partial charge in [0, 0.05) is 51.7 Å². The summed E-state index contributed by atoms with van der Waals surface area (Å²) in [7, 11) is 0. The molecule has 134 valence electrons. The second-order valence-electron chi connectivity index (χ2n) is 7.09. The van der Waals surface area contributed by atoms with Gasteiger partial charge in [-0.25, -0.2) is 4.98 Å². The van der Waals surface area contributed by atoms with Crippen LogP contribution in [0.15, 0.2) is 60.9 Å². The zero-order valence-corrected chi connectivity index (χ0v) is 15.4. The van der Waals surface area contributed by atoms with Gasteiger partial charge >= 0.3 is 0 Å². The molecule has 4 rings (SSSR count). The molecule has 4 heteroatoms. The molecule has 0 spiro atoms. The zero-order valence-electron chi connectivity index (χ0n) is 15.4. The standard InChI is InChI=1S/C22H26N4/c1-19-9-10-22-23-21(18-26(22)16-19)17-25-14-12-24(13-15-25)11-5-8-20-6-3-2-4-7-20/h2-10,16,18H,11-15,17H2,1H3. The van der Waals surface area contributed by atoms with Crippen molar-refractivity contribution in [3.63, 3.8) is 0 Å². The highest BCUT2D eigenvalue weighted by Gasteiger charge is 2.17. The minimum absolute atomic E-state index is 0.939. The second kappa shape index (κ2) is 7.85. The molecule has 26 heavy (non-hydrogen) atoms. The number of fused-ring (bicyclic) bond motifs is 1. The van der Waals surface area contributed by atoms with Crippen molar-refractivity contribution in [3.8, 4) is 0 Å². The van der Waals surface area contributed by atoms with Crippen molar-refractivity contribution < 1.29 is 0 Å². The van der Waals surface area contributed by atoms with Crippen LogP contribution in [-0.4, -0.2) is 51.9 Å². The van der Waals surface area contributed by atoms with Crippen molar-refractivity contribution in [1.82, 2.24) is 19.2 Å². The summed E-state index contributed by atoms with van der Waals surface area (Å²) in [6.07, 6.45) is 8.79. The topological polar surface area (TPSA) is 23.8 Å². The third-order valence-corrected chi connectivity index (χ3v) is 4.97. The number of piperazine rings is 1. The summed E-state index contributed by atoms with van der Waals surface area (Å²) in [5.41, 5.74) is 4.73. The van der Waals surface area contributed by atoms with Gasteiger partial charge in [0.2, 0.25) is 0 Å². The highest BCUT2D eigenvalue weighted by atomic mass is 15.3. The molecule has 0 N–H and O–H groups in total. The fourth-order valence-electron chi connectivity index (χ4n) is 3.49. The largest absolute Gasteiger partial charge is 0.307 e. The molecular formula is C22H26N4. The third kappa shape index (κ3) is 4.21. The van der Waals surface area contributed by atoms with Gasteiger partial charge in [-0.15, -0.1) is 0 Å². The van der Waals surface area contributed by atoms with E-state index < -0.39 is 0 Å². The van der Waals surface area contributed by atoms with Gasteiger partial charge in [0.1, 0.15) is 5.65 Å². The number of rotatable bonds is 5. The van der Waals surface area contributed by atoms with Crippen LogP contribution in [0.5, 0.6) is 0 Å². The van der Waals surface area contributed by atoms with Crippen LogP contribution in [0.25, 0.3) is 11.7 Å². The molecule has 4 nitrogen and oxygen atoms in total. The molecule has 0 atom stereocenters. The van der Waals surface area contributed by atoms with Crippen LogP contribution >= 0.6 is 0 Å². The summed E-state index contributed by atoms with van der Waals surface area (Å²) < 4.78 is 2.13. The van der Waals surface area contributed by atoms with E-state index in [9.17, 15) is 0 Å². The number of aryl methyl sites for hydroxylation is 1. The van der Waals surface area contributed by atoms with Crippen molar-refractivity contribution in [2.24, 2.45) is 0 Å². The maximum atomic E-state index is 4.75. The predicted octanol–water partition coefficient (Wildman–Crippen LogP) is 3.47. The number of imidazole rings is 1. The molecule has 1 aliphatic rings. The molecule has 0 amide bonds. The van der Waals surface area contributed by atoms with E-state index >= 15 is 0 Å². The summed E-state index contributed by atoms with van der Waals surface area (Å²) >= 11 is 0. The molecule has 2 aromatic heterocycles. The maximum Gasteiger partial charge on any atom is 0.137 e. The number of benzene rings is 1. The van der Waals surface area contributed by atoms with E-state index in [0.29, 0.717) is 0 Å². The number of hydrogen-bond donors (Lipinski definition) is 0. The number of hydrogen-bond acceptors (Lipinski definition) is 3. The van der Waals surface area contributed by atoms with Crippen LogP contribution in [0.4, 0.5) is 0 Å². The van der Waals surface area contributed by atoms with Gasteiger partial charge in [0.15, 0.2) is 0 Å². The third-order valence-electron chi connectivity index (χ3n) is 4.97. The average Bonchev–Trinajstić information content (AvgIpc) is 3.05. The molecule has 1 fully saturated rings. The van der Waals surface area contributed by atoms with Crippen LogP contribution in [0.3, 0.4) is 0 Å². The van der Waals surface area contributed by atoms with Crippen molar-refractivity contribution >= 4 is 11.7 Å². The summed E-state index contributed by atoms with van der Waals surface area (Å²) in [5, 5.41) is 0. The molecule has 1 aliphatic heterocycles. The van der Waals surface area contributed by atoms with E-state index in [-0.39, 0.29) is 0 Å². The Labute approximate surface area is 155 Å². The summed E-state index contributed by atoms with van der Waals surface area (Å²) in [6.45, 7) is 8.52. The van der Waals surface area contributed by atoms with Gasteiger partial charge in [-0.3, -0.25) is 9.80 Å². The molecule has 1 saturated heterocycles. The van der Waals surface area contributed by atoms with Crippen LogP contribution in [0, 0.1) is 6.92 Å². The number of nitrogens with zero attached hydrogens (tertiary/aromatic N) is 4. The molecule has 1 aromatic carbocycles. The molecule has 0 unspecified atom stereocenters. The number of aromatic nitrogens is 2. The molecule has 0 bridgehead atoms. The Morgan fingerprint density at radius 3 is 2.50 bits per heavy atom. The Morgan fingerprint density at radius 2 is 1.69 bits per heavy atom. The minimum Gasteiger partial charge on any atom is -0.307 e. The number of pyridine rings is 1. The SMILES string of the molecule is Cc1ccc2nc(CN3CCN(CC=Cc4ccccc4)CC3)cn2c1. The van der Waals surface area contributed by atoms with Crippen LogP contribution < -0.4 is 0 Å². The average molecular weight is 346 g/mol. The smallest absolute Gasteiger partial charge is 0.137 e. The lowest BCUT2D eigenvalue weighted by molar-refractivity contribution is 0.136. The molecule has 3 heterocycles. The summed E-state index contributed by atoms with van der Waals surface area (Å²) in [5.74, 6) is 0. The Bertz CT molecular complexity index is 874. The van der Waals surface area contributed by atoms with E-state index in [0.717, 1.165) is 50.6 Å². The van der Waals surface area contributed by atoms with Gasteiger partial charge in [0.05, 0.1) is 5.69 Å². The van der Waals surface area contributed by atoms with Gasteiger partial charge in [-0.05, 0) is 24.1 Å². The first-order valence-electron chi connectivity index (χ1n) is 9.37. The molecule has 0 radical (unpaired) electrons. The lowest BCUT2D eigenvalue weighted by Gasteiger charge is -2.33. The minimum atomic E-state index is 0.939. The van der Waals surface area contributed by atoms with Crippen molar-refractivity contribution in [2.75, 3.05) is 32.7 Å². The Hall–Kier alpha value is -2.43. The Morgan fingerprint density at radius 1 is 0.923 bits per heavy atom. The van der Waals surface area contributed by atoms with Crippen LogP contribution in [0.1, 0.15) is 16.8 Å². The second-order valence-corrected chi connectivity index (χ2v) is 7.09. The normalized spacial score (nSPS) is 16.7. The van der Waals surface area contributed by atoms with E-state index in [2.05, 4.69) is 88.1 Å². The van der Waals surface area contributed by atoms with Gasteiger partial charge in [-0.1, -0.05) is 48.6 Å². The quantitative estimate of drug-likeness (QED) is 0.707. The molecular weight excluding hydrogens is 320 g/mol. The van der Waals surface area contributed by atoms with Crippen molar-refractivity contribution in [3.05, 3.63) is 77.8 Å². The van der Waals surface area contributed by atoms with Crippen molar-refractivity contribution in [1.29, 1.82) is 0 Å². The van der Waals surface area contributed by atoms with Crippen LogP contribution in [-0.2, 0) is 6.54 Å². The van der Waals surface area contributed by atoms with Crippen LogP contribution in [0.2, 0.25) is 0 Å². The monoisotopic (exact) mass is 346 g/mol. The lowest BCUT2D eigenvalue weighted by Crippen LogP contribution is -2.45. The van der Waals surface area contributed by atoms with Gasteiger partial charge < -0.3 is 4.40 Å². The fraction of sp³-hybridized carbons (Fsp3) is 0.318. The van der Waals surface area contributed by atoms with E-state index in [4.69, 9.17) is 4.98 Å². The van der Waals surface area contributed by atoms with Gasteiger partial charge in [-0.2, -0.15) is 0 Å². The first kappa shape index (κ1) is 17.0. The van der Waals surface area contributed by atoms with E-state index in [1.807, 2.05) is 0 Å². The highest BCUT2D eigenvalue weighted by molar-refractivity contribution is 5.48. The molecule has 0 aliphatic carbocycles. The lowest BCUT2D eigenvalue weighted by atomic mass is 10.2. The first-order valence-corrected chi connectivity index (χ1v) is 9.37. The van der Waals surface area contributed by atoms with E-state index in [1.165, 1.54) is 11.1 Å². The first-order chi connectivity index (χ1) is 12.8. The zero-order chi connectivity index (χ0) is 17.8. The Kier molecular flexibility index (Phi) is 5.14. The fourth-order valence-corrected chi connectivity index (χ4v) is 3.49. The Balaban J connectivity index is 1.27. The maximum absolute atomic E-state index is 4.75. The van der Waals surface area contributed by atoms with Crippen molar-refractivity contribution in [2.45, 2.75) is 13.5 Å². The predicted molar refractivity (Wildman–Crippen MR) is 107 cm³/mol. The highest BCUT2D eigenvalue weighted by Crippen LogP contribution is 2.11. The van der Waals surface area contributed by atoms with E-state index in [1.54, 1.807) is 0 Å². The molecule has 0 saturated carbocycles.